The summed E-state index contributed by atoms with van der Waals surface area (Å²) >= 11 is 0. The van der Waals surface area contributed by atoms with Crippen molar-refractivity contribution in [1.82, 2.24) is 4.98 Å². The maximum atomic E-state index is 11.1. The summed E-state index contributed by atoms with van der Waals surface area (Å²) in [6.07, 6.45) is 6.19. The van der Waals surface area contributed by atoms with E-state index in [0.717, 1.165) is 12.8 Å². The van der Waals surface area contributed by atoms with Crippen LogP contribution >= 0.6 is 0 Å². The minimum Gasteiger partial charge on any atom is -0.328 e. The van der Waals surface area contributed by atoms with Gasteiger partial charge in [-0.1, -0.05) is 19.9 Å². The van der Waals surface area contributed by atoms with Crippen LogP contribution in [-0.4, -0.2) is 4.98 Å². The Hall–Kier alpha value is -1.31. The molecule has 1 aromatic heterocycles. The lowest BCUT2D eigenvalue weighted by molar-refractivity contribution is 0.825. The zero-order chi connectivity index (χ0) is 10.1. The van der Waals surface area contributed by atoms with Crippen LogP contribution in [0.2, 0.25) is 0 Å². The number of pyridine rings is 1. The lowest BCUT2D eigenvalue weighted by Crippen LogP contribution is -2.12. The average molecular weight is 189 g/mol. The maximum Gasteiger partial charge on any atom is 0.248 e. The number of aromatic amines is 1. The highest BCUT2D eigenvalue weighted by atomic mass is 16.1. The molecular formula is C12H15NO. The van der Waals surface area contributed by atoms with E-state index in [0.29, 0.717) is 5.92 Å². The van der Waals surface area contributed by atoms with Gasteiger partial charge in [0.25, 0.3) is 0 Å². The van der Waals surface area contributed by atoms with Gasteiger partial charge in [-0.3, -0.25) is 4.79 Å². The molecule has 0 atom stereocenters. The second-order valence-electron chi connectivity index (χ2n) is 4.09. The summed E-state index contributed by atoms with van der Waals surface area (Å²) in [4.78, 5) is 13.9. The summed E-state index contributed by atoms with van der Waals surface area (Å²) in [7, 11) is 0. The minimum atomic E-state index is 0.00811. The number of nitrogens with one attached hydrogen (secondary N) is 1. The number of aromatic nitrogens is 1. The molecule has 0 unspecified atom stereocenters. The smallest absolute Gasteiger partial charge is 0.248 e. The van der Waals surface area contributed by atoms with Crippen molar-refractivity contribution in [1.29, 1.82) is 0 Å². The molecule has 1 N–H and O–H groups in total. The molecule has 0 aromatic carbocycles. The Labute approximate surface area is 83.7 Å². The van der Waals surface area contributed by atoms with Crippen molar-refractivity contribution in [3.8, 4) is 0 Å². The molecule has 1 aromatic rings. The first-order chi connectivity index (χ1) is 6.68. The Morgan fingerprint density at radius 3 is 2.93 bits per heavy atom. The summed E-state index contributed by atoms with van der Waals surface area (Å²) in [5.74, 6) is 0.528. The number of hydrogen-bond donors (Lipinski definition) is 1. The summed E-state index contributed by atoms with van der Waals surface area (Å²) in [6, 6.07) is 1.73. The van der Waals surface area contributed by atoms with Crippen molar-refractivity contribution in [3.05, 3.63) is 39.8 Å². The van der Waals surface area contributed by atoms with Gasteiger partial charge in [-0.05, 0) is 35.5 Å². The topological polar surface area (TPSA) is 32.9 Å². The Balaban J connectivity index is 2.54. The Kier molecular flexibility index (Phi) is 2.28. The van der Waals surface area contributed by atoms with E-state index in [-0.39, 0.29) is 5.56 Å². The first-order valence-corrected chi connectivity index (χ1v) is 5.10. The highest BCUT2D eigenvalue weighted by Crippen LogP contribution is 2.29. The molecule has 0 saturated carbocycles. The van der Waals surface area contributed by atoms with Crippen molar-refractivity contribution in [2.45, 2.75) is 26.7 Å². The van der Waals surface area contributed by atoms with Gasteiger partial charge in [0, 0.05) is 12.3 Å². The first-order valence-electron chi connectivity index (χ1n) is 5.10. The van der Waals surface area contributed by atoms with Crippen LogP contribution in [0, 0.1) is 5.92 Å². The minimum absolute atomic E-state index is 0.00811. The van der Waals surface area contributed by atoms with Gasteiger partial charge in [-0.2, -0.15) is 0 Å². The van der Waals surface area contributed by atoms with E-state index in [9.17, 15) is 4.79 Å². The highest BCUT2D eigenvalue weighted by molar-refractivity contribution is 5.70. The number of H-pyrrole nitrogens is 1. The quantitative estimate of drug-likeness (QED) is 0.722. The molecule has 0 spiro atoms. The Morgan fingerprint density at radius 1 is 1.43 bits per heavy atom. The third-order valence-corrected chi connectivity index (χ3v) is 2.72. The average Bonchev–Trinajstić information content (AvgIpc) is 2.16. The maximum absolute atomic E-state index is 11.1. The second-order valence-corrected chi connectivity index (χ2v) is 4.09. The van der Waals surface area contributed by atoms with Gasteiger partial charge in [0.2, 0.25) is 5.56 Å². The summed E-state index contributed by atoms with van der Waals surface area (Å²) in [5.41, 5.74) is 3.79. The van der Waals surface area contributed by atoms with Gasteiger partial charge >= 0.3 is 0 Å². The number of aryl methyl sites for hydroxylation is 1. The second kappa shape index (κ2) is 3.45. The van der Waals surface area contributed by atoms with Crippen molar-refractivity contribution in [2.75, 3.05) is 0 Å². The van der Waals surface area contributed by atoms with Crippen LogP contribution in [-0.2, 0) is 6.42 Å². The molecule has 0 radical (unpaired) electrons. The molecule has 2 rings (SSSR count). The predicted octanol–water partition coefficient (Wildman–Crippen LogP) is 2.36. The number of allylic oxidation sites excluding steroid dienone is 2. The zero-order valence-electron chi connectivity index (χ0n) is 8.63. The van der Waals surface area contributed by atoms with Crippen molar-refractivity contribution < 1.29 is 0 Å². The summed E-state index contributed by atoms with van der Waals surface area (Å²) < 4.78 is 0. The lowest BCUT2D eigenvalue weighted by Gasteiger charge is -2.19. The summed E-state index contributed by atoms with van der Waals surface area (Å²) in [6.45, 7) is 4.37. The van der Waals surface area contributed by atoms with Gasteiger partial charge in [0.1, 0.15) is 0 Å². The van der Waals surface area contributed by atoms with Crippen LogP contribution in [0.4, 0.5) is 0 Å². The van der Waals surface area contributed by atoms with Gasteiger partial charge in [-0.25, -0.2) is 0 Å². The number of fused-ring (bicyclic) bond motifs is 1. The molecule has 1 aliphatic rings. The fourth-order valence-corrected chi connectivity index (χ4v) is 2.03. The molecule has 0 bridgehead atoms. The van der Waals surface area contributed by atoms with E-state index in [1.165, 1.54) is 16.7 Å². The molecule has 2 heteroatoms. The predicted molar refractivity (Wildman–Crippen MR) is 58.2 cm³/mol. The molecule has 0 aliphatic heterocycles. The van der Waals surface area contributed by atoms with Crippen LogP contribution in [0.5, 0.6) is 0 Å². The van der Waals surface area contributed by atoms with Gasteiger partial charge < -0.3 is 4.98 Å². The van der Waals surface area contributed by atoms with Gasteiger partial charge in [-0.15, -0.1) is 0 Å². The largest absolute Gasteiger partial charge is 0.328 e. The SMILES string of the molecule is CC(C)C1=CCCc2cc(=O)[nH]cc21. The van der Waals surface area contributed by atoms with E-state index < -0.39 is 0 Å². The fourth-order valence-electron chi connectivity index (χ4n) is 2.03. The monoisotopic (exact) mass is 189 g/mol. The molecule has 2 nitrogen and oxygen atoms in total. The van der Waals surface area contributed by atoms with Crippen LogP contribution in [0.25, 0.3) is 5.57 Å². The fraction of sp³-hybridized carbons (Fsp3) is 0.417. The lowest BCUT2D eigenvalue weighted by atomic mass is 9.86. The van der Waals surface area contributed by atoms with E-state index in [4.69, 9.17) is 0 Å². The molecule has 14 heavy (non-hydrogen) atoms. The van der Waals surface area contributed by atoms with Crippen molar-refractivity contribution in [3.63, 3.8) is 0 Å². The third kappa shape index (κ3) is 1.52. The molecule has 1 heterocycles. The molecule has 0 fully saturated rings. The normalized spacial score (nSPS) is 15.2. The van der Waals surface area contributed by atoms with Crippen molar-refractivity contribution >= 4 is 5.57 Å². The highest BCUT2D eigenvalue weighted by Gasteiger charge is 2.14. The van der Waals surface area contributed by atoms with Gasteiger partial charge in [0.05, 0.1) is 0 Å². The van der Waals surface area contributed by atoms with Gasteiger partial charge in [0.15, 0.2) is 0 Å². The molecule has 1 aliphatic carbocycles. The summed E-state index contributed by atoms with van der Waals surface area (Å²) in [5, 5.41) is 0. The van der Waals surface area contributed by atoms with Crippen LogP contribution in [0.1, 0.15) is 31.4 Å². The van der Waals surface area contributed by atoms with Crippen molar-refractivity contribution in [2.24, 2.45) is 5.92 Å². The zero-order valence-corrected chi connectivity index (χ0v) is 8.63. The van der Waals surface area contributed by atoms with Crippen LogP contribution in [0.15, 0.2) is 23.1 Å². The van der Waals surface area contributed by atoms with Crippen LogP contribution in [0.3, 0.4) is 0 Å². The van der Waals surface area contributed by atoms with E-state index in [1.807, 2.05) is 6.20 Å². The Morgan fingerprint density at radius 2 is 2.21 bits per heavy atom. The van der Waals surface area contributed by atoms with E-state index >= 15 is 0 Å². The number of hydrogen-bond acceptors (Lipinski definition) is 1. The standard InChI is InChI=1S/C12H15NO/c1-8(2)10-5-3-4-9-6-12(14)13-7-11(9)10/h5-8H,3-4H2,1-2H3,(H,13,14). The van der Waals surface area contributed by atoms with E-state index in [1.54, 1.807) is 6.07 Å². The third-order valence-electron chi connectivity index (χ3n) is 2.72. The molecule has 0 saturated heterocycles. The molecule has 74 valence electrons. The van der Waals surface area contributed by atoms with Crippen LogP contribution < -0.4 is 5.56 Å². The number of rotatable bonds is 1. The molecule has 0 amide bonds. The Bertz CT molecular complexity index is 426. The van der Waals surface area contributed by atoms with E-state index in [2.05, 4.69) is 24.9 Å². The molecular weight excluding hydrogens is 174 g/mol. The first kappa shape index (κ1) is 9.25.